The lowest BCUT2D eigenvalue weighted by molar-refractivity contribution is 0.0282. The van der Waals surface area contributed by atoms with Gasteiger partial charge in [0.15, 0.2) is 18.3 Å². The van der Waals surface area contributed by atoms with E-state index in [1.807, 2.05) is 19.1 Å². The number of hydrogen-bond donors (Lipinski definition) is 0. The van der Waals surface area contributed by atoms with Crippen LogP contribution in [0.4, 0.5) is 0 Å². The smallest absolute Gasteiger partial charge is 0.189 e. The molecule has 0 saturated carbocycles. The third-order valence-corrected chi connectivity index (χ3v) is 2.74. The summed E-state index contributed by atoms with van der Waals surface area (Å²) in [6, 6.07) is 3.77. The molecule has 1 rings (SSSR count). The molecule has 1 aromatic rings. The summed E-state index contributed by atoms with van der Waals surface area (Å²) in [5, 5.41) is 0. The van der Waals surface area contributed by atoms with E-state index in [4.69, 9.17) is 14.2 Å². The lowest BCUT2D eigenvalue weighted by atomic mass is 10.2. The summed E-state index contributed by atoms with van der Waals surface area (Å²) < 4.78 is 16.6. The number of aryl methyl sites for hydroxylation is 1. The fourth-order valence-corrected chi connectivity index (χ4v) is 1.40. The van der Waals surface area contributed by atoms with Gasteiger partial charge in [0.1, 0.15) is 0 Å². The molecule has 0 saturated heterocycles. The van der Waals surface area contributed by atoms with Gasteiger partial charge < -0.3 is 14.2 Å². The van der Waals surface area contributed by atoms with Crippen LogP contribution < -0.4 is 9.47 Å². The van der Waals surface area contributed by atoms with Crippen molar-refractivity contribution >= 4 is 15.9 Å². The molecule has 3 nitrogen and oxygen atoms in total. The molecular weight excluding hydrogens is 260 g/mol. The Morgan fingerprint density at radius 2 is 2.07 bits per heavy atom. The van der Waals surface area contributed by atoms with Crippen molar-refractivity contribution < 1.29 is 14.2 Å². The molecule has 0 amide bonds. The third kappa shape index (κ3) is 3.39. The van der Waals surface area contributed by atoms with Crippen LogP contribution in [-0.4, -0.2) is 20.5 Å². The zero-order valence-corrected chi connectivity index (χ0v) is 10.5. The Hall–Kier alpha value is -0.740. The third-order valence-electron chi connectivity index (χ3n) is 1.89. The lowest BCUT2D eigenvalue weighted by Crippen LogP contribution is -2.03. The standard InChI is InChI=1S/C11H14BrO3/c1-4-14-7-15-11-5-8(2)9(12)6-10(11)13-3/h5-6H,1,4,7H2,2-3H3. The number of ether oxygens (including phenoxy) is 3. The molecular formula is C11H14BrO3. The topological polar surface area (TPSA) is 27.7 Å². The van der Waals surface area contributed by atoms with Gasteiger partial charge in [0, 0.05) is 4.47 Å². The first kappa shape index (κ1) is 12.3. The Morgan fingerprint density at radius 3 is 2.67 bits per heavy atom. The van der Waals surface area contributed by atoms with Crippen LogP contribution in [0.1, 0.15) is 5.56 Å². The summed E-state index contributed by atoms with van der Waals surface area (Å²) in [5.41, 5.74) is 1.08. The van der Waals surface area contributed by atoms with Crippen molar-refractivity contribution in [3.05, 3.63) is 29.1 Å². The molecule has 0 bridgehead atoms. The Kier molecular flexibility index (Phi) is 4.91. The van der Waals surface area contributed by atoms with Gasteiger partial charge in [-0.2, -0.15) is 0 Å². The fraction of sp³-hybridized carbons (Fsp3) is 0.364. The van der Waals surface area contributed by atoms with Crippen molar-refractivity contribution in [2.45, 2.75) is 6.92 Å². The van der Waals surface area contributed by atoms with E-state index in [1.54, 1.807) is 7.11 Å². The molecule has 83 valence electrons. The number of hydrogen-bond acceptors (Lipinski definition) is 3. The van der Waals surface area contributed by atoms with Gasteiger partial charge in [0.05, 0.1) is 13.7 Å². The van der Waals surface area contributed by atoms with Crippen LogP contribution in [0.3, 0.4) is 0 Å². The second kappa shape index (κ2) is 5.98. The van der Waals surface area contributed by atoms with Gasteiger partial charge in [-0.05, 0) is 31.5 Å². The minimum absolute atomic E-state index is 0.181. The molecule has 0 aliphatic rings. The molecule has 0 spiro atoms. The molecule has 0 aliphatic heterocycles. The zero-order valence-electron chi connectivity index (χ0n) is 8.88. The predicted octanol–water partition coefficient (Wildman–Crippen LogP) is 2.95. The van der Waals surface area contributed by atoms with Crippen molar-refractivity contribution in [2.24, 2.45) is 0 Å². The average molecular weight is 274 g/mol. The highest BCUT2D eigenvalue weighted by Crippen LogP contribution is 2.32. The van der Waals surface area contributed by atoms with E-state index in [0.717, 1.165) is 10.0 Å². The quantitative estimate of drug-likeness (QED) is 0.610. The second-order valence-electron chi connectivity index (χ2n) is 2.92. The van der Waals surface area contributed by atoms with Gasteiger partial charge in [-0.3, -0.25) is 0 Å². The average Bonchev–Trinajstić information content (AvgIpc) is 2.23. The summed E-state index contributed by atoms with van der Waals surface area (Å²) in [4.78, 5) is 0. The van der Waals surface area contributed by atoms with Gasteiger partial charge in [-0.15, -0.1) is 0 Å². The molecule has 0 unspecified atom stereocenters. The molecule has 0 atom stereocenters. The summed E-state index contributed by atoms with van der Waals surface area (Å²) in [5.74, 6) is 1.35. The predicted molar refractivity (Wildman–Crippen MR) is 62.2 cm³/mol. The van der Waals surface area contributed by atoms with Crippen LogP contribution in [0.25, 0.3) is 0 Å². The van der Waals surface area contributed by atoms with Crippen LogP contribution in [0.15, 0.2) is 16.6 Å². The van der Waals surface area contributed by atoms with Crippen molar-refractivity contribution in [3.63, 3.8) is 0 Å². The Morgan fingerprint density at radius 1 is 1.33 bits per heavy atom. The van der Waals surface area contributed by atoms with E-state index in [2.05, 4.69) is 22.9 Å². The van der Waals surface area contributed by atoms with Gasteiger partial charge in [-0.1, -0.05) is 15.9 Å². The van der Waals surface area contributed by atoms with E-state index in [1.165, 1.54) is 0 Å². The van der Waals surface area contributed by atoms with Crippen LogP contribution in [0.2, 0.25) is 0 Å². The largest absolute Gasteiger partial charge is 0.493 e. The van der Waals surface area contributed by atoms with E-state index in [-0.39, 0.29) is 6.79 Å². The van der Waals surface area contributed by atoms with Crippen molar-refractivity contribution in [2.75, 3.05) is 20.5 Å². The first-order chi connectivity index (χ1) is 7.19. The number of methoxy groups -OCH3 is 1. The summed E-state index contributed by atoms with van der Waals surface area (Å²) >= 11 is 3.43. The molecule has 0 fully saturated rings. The highest BCUT2D eigenvalue weighted by molar-refractivity contribution is 9.10. The Bertz CT molecular complexity index is 326. The molecule has 0 aromatic heterocycles. The molecule has 1 aromatic carbocycles. The zero-order chi connectivity index (χ0) is 11.3. The molecule has 15 heavy (non-hydrogen) atoms. The van der Waals surface area contributed by atoms with E-state index >= 15 is 0 Å². The first-order valence-corrected chi connectivity index (χ1v) is 5.32. The van der Waals surface area contributed by atoms with Crippen LogP contribution >= 0.6 is 15.9 Å². The van der Waals surface area contributed by atoms with Gasteiger partial charge in [0.2, 0.25) is 0 Å². The first-order valence-electron chi connectivity index (χ1n) is 4.53. The maximum absolute atomic E-state index is 5.40. The maximum Gasteiger partial charge on any atom is 0.189 e. The second-order valence-corrected chi connectivity index (χ2v) is 3.78. The van der Waals surface area contributed by atoms with Gasteiger partial charge in [0.25, 0.3) is 0 Å². The monoisotopic (exact) mass is 273 g/mol. The van der Waals surface area contributed by atoms with Crippen molar-refractivity contribution in [3.8, 4) is 11.5 Å². The van der Waals surface area contributed by atoms with Crippen LogP contribution in [-0.2, 0) is 4.74 Å². The van der Waals surface area contributed by atoms with Crippen molar-refractivity contribution in [1.29, 1.82) is 0 Å². The highest BCUT2D eigenvalue weighted by atomic mass is 79.9. The summed E-state index contributed by atoms with van der Waals surface area (Å²) in [6.07, 6.45) is 0. The molecule has 4 heteroatoms. The minimum atomic E-state index is 0.181. The molecule has 1 radical (unpaired) electrons. The normalized spacial score (nSPS) is 10.1. The lowest BCUT2D eigenvalue weighted by Gasteiger charge is -2.12. The maximum atomic E-state index is 5.40. The number of rotatable bonds is 5. The SMILES string of the molecule is [CH2]COCOc1cc(C)c(Br)cc1OC. The van der Waals surface area contributed by atoms with Gasteiger partial charge in [-0.25, -0.2) is 0 Å². The summed E-state index contributed by atoms with van der Waals surface area (Å²) in [7, 11) is 1.60. The van der Waals surface area contributed by atoms with Gasteiger partial charge >= 0.3 is 0 Å². The van der Waals surface area contributed by atoms with E-state index in [0.29, 0.717) is 18.1 Å². The minimum Gasteiger partial charge on any atom is -0.493 e. The molecule has 0 heterocycles. The summed E-state index contributed by atoms with van der Waals surface area (Å²) in [6.45, 7) is 6.10. The fourth-order valence-electron chi connectivity index (χ4n) is 1.07. The van der Waals surface area contributed by atoms with E-state index < -0.39 is 0 Å². The molecule has 0 aliphatic carbocycles. The highest BCUT2D eigenvalue weighted by Gasteiger charge is 2.07. The Labute approximate surface area is 98.5 Å². The molecule has 0 N–H and O–H groups in total. The Balaban J connectivity index is 2.80. The van der Waals surface area contributed by atoms with E-state index in [9.17, 15) is 0 Å². The van der Waals surface area contributed by atoms with Crippen molar-refractivity contribution in [1.82, 2.24) is 0 Å². The number of benzene rings is 1. The van der Waals surface area contributed by atoms with Crippen LogP contribution in [0.5, 0.6) is 11.5 Å². The van der Waals surface area contributed by atoms with Crippen LogP contribution in [0, 0.1) is 13.8 Å². The number of halogens is 1.